The Kier molecular flexibility index (Phi) is 7.24. The number of thiazole rings is 1. The second kappa shape index (κ2) is 10.2. The van der Waals surface area contributed by atoms with Crippen LogP contribution in [0.2, 0.25) is 0 Å². The SMILES string of the molecule is CC(C)(C)c1csc(NC(=O)CSc2nnc(-c3ccc(NS(=O)(=O)c4ccccc4)cc3)o2)n1. The zero-order valence-electron chi connectivity index (χ0n) is 19.2. The molecule has 4 rings (SSSR count). The average Bonchev–Trinajstić information content (AvgIpc) is 3.48. The van der Waals surface area contributed by atoms with Crippen LogP contribution in [0.25, 0.3) is 11.5 Å². The Labute approximate surface area is 211 Å². The summed E-state index contributed by atoms with van der Waals surface area (Å²) in [4.78, 5) is 16.9. The van der Waals surface area contributed by atoms with Gasteiger partial charge in [0.2, 0.25) is 11.8 Å². The Balaban J connectivity index is 1.33. The van der Waals surface area contributed by atoms with Gasteiger partial charge in [0.25, 0.3) is 15.2 Å². The molecule has 1 amide bonds. The lowest BCUT2D eigenvalue weighted by molar-refractivity contribution is -0.113. The molecule has 2 N–H and O–H groups in total. The van der Waals surface area contributed by atoms with Gasteiger partial charge in [0.05, 0.1) is 16.3 Å². The van der Waals surface area contributed by atoms with Gasteiger partial charge in [-0.1, -0.05) is 50.7 Å². The summed E-state index contributed by atoms with van der Waals surface area (Å²) in [5.74, 6) is 0.131. The molecule has 2 aromatic carbocycles. The molecule has 9 nitrogen and oxygen atoms in total. The molecule has 2 aromatic heterocycles. The van der Waals surface area contributed by atoms with Gasteiger partial charge in [-0.05, 0) is 36.4 Å². The first-order valence-corrected chi connectivity index (χ1v) is 13.9. The van der Waals surface area contributed by atoms with E-state index >= 15 is 0 Å². The largest absolute Gasteiger partial charge is 0.411 e. The quantitative estimate of drug-likeness (QED) is 0.305. The molecule has 0 aliphatic carbocycles. The number of sulfonamides is 1. The summed E-state index contributed by atoms with van der Waals surface area (Å²) in [5.41, 5.74) is 1.86. The monoisotopic (exact) mass is 529 g/mol. The predicted octanol–water partition coefficient (Wildman–Crippen LogP) is 5.02. The summed E-state index contributed by atoms with van der Waals surface area (Å²) in [7, 11) is -3.68. The van der Waals surface area contributed by atoms with Crippen molar-refractivity contribution in [2.75, 3.05) is 15.8 Å². The van der Waals surface area contributed by atoms with Gasteiger partial charge in [-0.25, -0.2) is 13.4 Å². The molecular weight excluding hydrogens is 506 g/mol. The minimum Gasteiger partial charge on any atom is -0.411 e. The third-order valence-corrected chi connectivity index (χ3v) is 7.66. The molecule has 0 fully saturated rings. The van der Waals surface area contributed by atoms with Gasteiger partial charge >= 0.3 is 0 Å². The van der Waals surface area contributed by atoms with Crippen LogP contribution in [0.4, 0.5) is 10.8 Å². The van der Waals surface area contributed by atoms with E-state index in [1.807, 2.05) is 5.38 Å². The van der Waals surface area contributed by atoms with Gasteiger partial charge in [-0.3, -0.25) is 9.52 Å². The maximum absolute atomic E-state index is 12.5. The van der Waals surface area contributed by atoms with Crippen molar-refractivity contribution in [3.63, 3.8) is 0 Å². The van der Waals surface area contributed by atoms with Crippen LogP contribution in [0.15, 0.2) is 74.5 Å². The molecule has 0 saturated carbocycles. The maximum atomic E-state index is 12.5. The van der Waals surface area contributed by atoms with Crippen LogP contribution < -0.4 is 10.0 Å². The van der Waals surface area contributed by atoms with E-state index in [-0.39, 0.29) is 33.1 Å². The lowest BCUT2D eigenvalue weighted by Crippen LogP contribution is -2.15. The molecule has 0 unspecified atom stereocenters. The predicted molar refractivity (Wildman–Crippen MR) is 137 cm³/mol. The van der Waals surface area contributed by atoms with E-state index in [9.17, 15) is 13.2 Å². The van der Waals surface area contributed by atoms with Gasteiger partial charge in [0.1, 0.15) is 0 Å². The normalized spacial score (nSPS) is 11.9. The molecule has 12 heteroatoms. The summed E-state index contributed by atoms with van der Waals surface area (Å²) in [5, 5.41) is 13.5. The molecule has 0 atom stereocenters. The number of benzene rings is 2. The fraction of sp³-hybridized carbons (Fsp3) is 0.217. The third-order valence-electron chi connectivity index (χ3n) is 4.69. The van der Waals surface area contributed by atoms with Gasteiger partial charge in [-0.15, -0.1) is 21.5 Å². The van der Waals surface area contributed by atoms with E-state index in [1.165, 1.54) is 23.5 Å². The Bertz CT molecular complexity index is 1410. The molecule has 2 heterocycles. The summed E-state index contributed by atoms with van der Waals surface area (Å²) in [6, 6.07) is 14.7. The standard InChI is InChI=1S/C23H23N5O4S3/c1-23(2,3)18-13-33-21(24-18)25-19(29)14-34-22-27-26-20(32-22)15-9-11-16(12-10-15)28-35(30,31)17-7-5-4-6-8-17/h4-13,28H,14H2,1-3H3,(H,24,25,29). The van der Waals surface area contributed by atoms with Crippen molar-refractivity contribution in [1.29, 1.82) is 0 Å². The third kappa shape index (κ3) is 6.47. The van der Waals surface area contributed by atoms with Crippen molar-refractivity contribution in [2.45, 2.75) is 36.3 Å². The van der Waals surface area contributed by atoms with Gasteiger partial charge in [-0.2, -0.15) is 0 Å². The molecule has 0 aliphatic rings. The zero-order chi connectivity index (χ0) is 25.1. The van der Waals surface area contributed by atoms with Crippen molar-refractivity contribution in [1.82, 2.24) is 15.2 Å². The lowest BCUT2D eigenvalue weighted by Gasteiger charge is -2.14. The number of nitrogens with one attached hydrogen (secondary N) is 2. The molecule has 0 aliphatic heterocycles. The number of aromatic nitrogens is 3. The number of carbonyl (C=O) groups is 1. The van der Waals surface area contributed by atoms with Gasteiger partial charge < -0.3 is 9.73 Å². The molecule has 35 heavy (non-hydrogen) atoms. The van der Waals surface area contributed by atoms with Crippen LogP contribution in [0.3, 0.4) is 0 Å². The molecule has 0 radical (unpaired) electrons. The van der Waals surface area contributed by atoms with Crippen molar-refractivity contribution in [3.8, 4) is 11.5 Å². The number of amides is 1. The summed E-state index contributed by atoms with van der Waals surface area (Å²) < 4.78 is 33.1. The zero-order valence-corrected chi connectivity index (χ0v) is 21.6. The number of hydrogen-bond acceptors (Lipinski definition) is 9. The number of thioether (sulfide) groups is 1. The van der Waals surface area contributed by atoms with Crippen LogP contribution >= 0.6 is 23.1 Å². The number of nitrogens with zero attached hydrogens (tertiary/aromatic N) is 3. The summed E-state index contributed by atoms with van der Waals surface area (Å²) >= 11 is 2.50. The molecule has 0 saturated heterocycles. The maximum Gasteiger partial charge on any atom is 0.277 e. The van der Waals surface area contributed by atoms with Gasteiger partial charge in [0, 0.05) is 22.0 Å². The van der Waals surface area contributed by atoms with Crippen molar-refractivity contribution >= 4 is 49.8 Å². The lowest BCUT2D eigenvalue weighted by atomic mass is 9.93. The second-order valence-corrected chi connectivity index (χ2v) is 12.0. The minimum absolute atomic E-state index is 0.0845. The highest BCUT2D eigenvalue weighted by Crippen LogP contribution is 2.28. The van der Waals surface area contributed by atoms with E-state index in [2.05, 4.69) is 46.0 Å². The average molecular weight is 530 g/mol. The fourth-order valence-corrected chi connectivity index (χ4v) is 5.43. The first kappa shape index (κ1) is 24.9. The minimum atomic E-state index is -3.68. The van der Waals surface area contributed by atoms with E-state index in [0.717, 1.165) is 17.5 Å². The van der Waals surface area contributed by atoms with E-state index in [0.29, 0.717) is 16.4 Å². The van der Waals surface area contributed by atoms with Crippen LogP contribution in [-0.4, -0.2) is 35.3 Å². The van der Waals surface area contributed by atoms with Crippen LogP contribution in [0.5, 0.6) is 0 Å². The van der Waals surface area contributed by atoms with Crippen LogP contribution in [0, 0.1) is 0 Å². The van der Waals surface area contributed by atoms with E-state index < -0.39 is 10.0 Å². The molecule has 0 bridgehead atoms. The number of anilines is 2. The van der Waals surface area contributed by atoms with Crippen LogP contribution in [0.1, 0.15) is 26.5 Å². The number of hydrogen-bond donors (Lipinski definition) is 2. The Morgan fingerprint density at radius 1 is 1.06 bits per heavy atom. The first-order chi connectivity index (χ1) is 16.6. The Morgan fingerprint density at radius 3 is 2.43 bits per heavy atom. The first-order valence-electron chi connectivity index (χ1n) is 10.5. The van der Waals surface area contributed by atoms with Crippen molar-refractivity contribution < 1.29 is 17.6 Å². The second-order valence-electron chi connectivity index (χ2n) is 8.49. The van der Waals surface area contributed by atoms with Crippen LogP contribution in [-0.2, 0) is 20.2 Å². The summed E-state index contributed by atoms with van der Waals surface area (Å²) in [6.07, 6.45) is 0. The molecule has 182 valence electrons. The summed E-state index contributed by atoms with van der Waals surface area (Å²) in [6.45, 7) is 6.19. The smallest absolute Gasteiger partial charge is 0.277 e. The Morgan fingerprint density at radius 2 is 1.77 bits per heavy atom. The molecular formula is C23H23N5O4S3. The molecule has 4 aromatic rings. The Hall–Kier alpha value is -3.22. The van der Waals surface area contributed by atoms with Crippen molar-refractivity contribution in [3.05, 3.63) is 65.7 Å². The highest BCUT2D eigenvalue weighted by molar-refractivity contribution is 7.99. The van der Waals surface area contributed by atoms with Gasteiger partial charge in [0.15, 0.2) is 5.13 Å². The van der Waals surface area contributed by atoms with E-state index in [4.69, 9.17) is 4.42 Å². The topological polar surface area (TPSA) is 127 Å². The van der Waals surface area contributed by atoms with E-state index in [1.54, 1.807) is 42.5 Å². The van der Waals surface area contributed by atoms with Crippen molar-refractivity contribution in [2.24, 2.45) is 0 Å². The highest BCUT2D eigenvalue weighted by Gasteiger charge is 2.19. The number of rotatable bonds is 8. The molecule has 0 spiro atoms. The fourth-order valence-electron chi connectivity index (χ4n) is 2.84. The number of carbonyl (C=O) groups excluding carboxylic acids is 1. The highest BCUT2D eigenvalue weighted by atomic mass is 32.2.